The van der Waals surface area contributed by atoms with Crippen molar-refractivity contribution in [1.29, 1.82) is 0 Å². The third-order valence-electron chi connectivity index (χ3n) is 1.88. The molecule has 0 aromatic carbocycles. The van der Waals surface area contributed by atoms with Gasteiger partial charge in [0, 0.05) is 41.5 Å². The fourth-order valence-corrected chi connectivity index (χ4v) is 3.09. The second kappa shape index (κ2) is 13.9. The second-order valence-electron chi connectivity index (χ2n) is 2.56. The van der Waals surface area contributed by atoms with E-state index in [1.807, 2.05) is 0 Å². The second-order valence-corrected chi connectivity index (χ2v) is 5.97. The first kappa shape index (κ1) is 18.2. The molecule has 0 bridgehead atoms. The molecule has 2 radical (unpaired) electrons. The third-order valence-corrected chi connectivity index (χ3v) is 4.94. The molecule has 0 nitrogen and oxygen atoms in total. The van der Waals surface area contributed by atoms with E-state index in [2.05, 4.69) is 20.8 Å². The average Bonchev–Trinajstić information content (AvgIpc) is 1.91. The molecule has 2 heteroatoms. The standard InChI is InChI=1S/C8H19Si.CH3.Y/c1-4-7-8-9(5-2)6-3;;/h4-8H2,1-3H3;1H3;/q;-1;. The maximum Gasteiger partial charge on any atom is 0.0473 e. The van der Waals surface area contributed by atoms with Crippen molar-refractivity contribution in [3.63, 3.8) is 0 Å². The number of unbranched alkanes of at least 4 members (excludes halogenated alkanes) is 1. The molecule has 0 heterocycles. The maximum absolute atomic E-state index is 2.34. The van der Waals surface area contributed by atoms with E-state index in [4.69, 9.17) is 0 Å². The molecule has 0 N–H and O–H groups in total. The minimum atomic E-state index is 0. The van der Waals surface area contributed by atoms with Crippen LogP contribution in [0.2, 0.25) is 18.1 Å². The van der Waals surface area contributed by atoms with E-state index in [0.29, 0.717) is 0 Å². The third kappa shape index (κ3) is 11.3. The molecule has 0 atom stereocenters. The van der Waals surface area contributed by atoms with Crippen molar-refractivity contribution >= 4 is 8.80 Å². The van der Waals surface area contributed by atoms with Gasteiger partial charge in [-0.2, -0.15) is 0 Å². The summed E-state index contributed by atoms with van der Waals surface area (Å²) >= 11 is 0. The van der Waals surface area contributed by atoms with Gasteiger partial charge in [0.05, 0.1) is 0 Å². The van der Waals surface area contributed by atoms with Crippen LogP contribution in [-0.4, -0.2) is 8.80 Å². The molecule has 0 rings (SSSR count). The van der Waals surface area contributed by atoms with Crippen LogP contribution in [0.25, 0.3) is 0 Å². The zero-order chi connectivity index (χ0) is 7.11. The van der Waals surface area contributed by atoms with Crippen LogP contribution in [0.15, 0.2) is 0 Å². The van der Waals surface area contributed by atoms with Gasteiger partial charge in [0.15, 0.2) is 0 Å². The SMILES string of the molecule is CCCC[Si](CC)CC.[CH3-].[Y]. The maximum atomic E-state index is 2.34. The molecule has 0 amide bonds. The first-order chi connectivity index (χ1) is 4.35. The van der Waals surface area contributed by atoms with E-state index >= 15 is 0 Å². The zero-order valence-electron chi connectivity index (χ0n) is 8.61. The van der Waals surface area contributed by atoms with Crippen LogP contribution in [0.5, 0.6) is 0 Å². The summed E-state index contributed by atoms with van der Waals surface area (Å²) in [7, 11) is 0.114. The van der Waals surface area contributed by atoms with Crippen LogP contribution in [0.4, 0.5) is 0 Å². The Balaban J connectivity index is -0.000000320. The largest absolute Gasteiger partial charge is 0.358 e. The van der Waals surface area contributed by atoms with Gasteiger partial charge in [-0.05, 0) is 0 Å². The van der Waals surface area contributed by atoms with Gasteiger partial charge in [0.25, 0.3) is 0 Å². The van der Waals surface area contributed by atoms with E-state index in [0.717, 1.165) is 0 Å². The minimum absolute atomic E-state index is 0. The molecule has 0 saturated heterocycles. The average molecular weight is 247 g/mol. The molecular formula is C9H22SiY-. The summed E-state index contributed by atoms with van der Waals surface area (Å²) in [6, 6.07) is 4.50. The van der Waals surface area contributed by atoms with Crippen molar-refractivity contribution in [2.75, 3.05) is 0 Å². The summed E-state index contributed by atoms with van der Waals surface area (Å²) < 4.78 is 0. The summed E-state index contributed by atoms with van der Waals surface area (Å²) in [6.07, 6.45) is 2.85. The van der Waals surface area contributed by atoms with Crippen molar-refractivity contribution < 1.29 is 32.7 Å². The Hall–Kier alpha value is 1.32. The molecule has 0 saturated carbocycles. The predicted octanol–water partition coefficient (Wildman–Crippen LogP) is 3.77. The van der Waals surface area contributed by atoms with Crippen LogP contribution < -0.4 is 0 Å². The normalized spacial score (nSPS) is 8.73. The van der Waals surface area contributed by atoms with Crippen LogP contribution in [0, 0.1) is 7.43 Å². The Bertz CT molecular complexity index is 53.5. The summed E-state index contributed by atoms with van der Waals surface area (Å²) in [5.41, 5.74) is 0. The van der Waals surface area contributed by atoms with Crippen LogP contribution in [-0.2, 0) is 32.7 Å². The Morgan fingerprint density at radius 2 is 1.45 bits per heavy atom. The fourth-order valence-electron chi connectivity index (χ4n) is 1.03. The molecule has 0 unspecified atom stereocenters. The number of hydrogen-bond donors (Lipinski definition) is 0. The zero-order valence-corrected chi connectivity index (χ0v) is 12.5. The van der Waals surface area contributed by atoms with Crippen molar-refractivity contribution in [2.45, 2.75) is 51.7 Å². The van der Waals surface area contributed by atoms with Gasteiger partial charge >= 0.3 is 0 Å². The molecule has 0 aromatic rings. The van der Waals surface area contributed by atoms with E-state index < -0.39 is 0 Å². The van der Waals surface area contributed by atoms with Crippen molar-refractivity contribution in [2.24, 2.45) is 0 Å². The van der Waals surface area contributed by atoms with E-state index in [1.165, 1.54) is 24.9 Å². The van der Waals surface area contributed by atoms with E-state index in [9.17, 15) is 0 Å². The topological polar surface area (TPSA) is 0 Å². The Morgan fingerprint density at radius 1 is 1.00 bits per heavy atom. The first-order valence-corrected chi connectivity index (χ1v) is 6.30. The molecule has 0 aliphatic rings. The summed E-state index contributed by atoms with van der Waals surface area (Å²) in [5, 5.41) is 0. The molecule has 0 fully saturated rings. The smallest absolute Gasteiger partial charge is 0.0473 e. The number of hydrogen-bond acceptors (Lipinski definition) is 0. The van der Waals surface area contributed by atoms with E-state index in [1.54, 1.807) is 6.04 Å². The Morgan fingerprint density at radius 3 is 1.73 bits per heavy atom. The summed E-state index contributed by atoms with van der Waals surface area (Å²) in [6.45, 7) is 6.96. The van der Waals surface area contributed by atoms with Crippen molar-refractivity contribution in [1.82, 2.24) is 0 Å². The first-order valence-electron chi connectivity index (χ1n) is 4.18. The molecule has 66 valence electrons. The molecule has 0 aromatic heterocycles. The van der Waals surface area contributed by atoms with E-state index in [-0.39, 0.29) is 48.9 Å². The fraction of sp³-hybridized carbons (Fsp3) is 0.889. The van der Waals surface area contributed by atoms with Gasteiger partial charge in [0.2, 0.25) is 0 Å². The van der Waals surface area contributed by atoms with Crippen molar-refractivity contribution in [3.8, 4) is 0 Å². The van der Waals surface area contributed by atoms with Gasteiger partial charge in [-0.25, -0.2) is 0 Å². The monoisotopic (exact) mass is 247 g/mol. The molecular weight excluding hydrogens is 225 g/mol. The summed E-state index contributed by atoms with van der Waals surface area (Å²) in [5.74, 6) is 0. The Labute approximate surface area is 100 Å². The number of rotatable bonds is 5. The van der Waals surface area contributed by atoms with Gasteiger partial charge in [0.1, 0.15) is 0 Å². The quantitative estimate of drug-likeness (QED) is 0.512. The Kier molecular flexibility index (Phi) is 22.9. The molecule has 0 aliphatic carbocycles. The van der Waals surface area contributed by atoms with Gasteiger partial charge in [-0.3, -0.25) is 0 Å². The van der Waals surface area contributed by atoms with Crippen LogP contribution in [0.3, 0.4) is 0 Å². The molecule has 11 heavy (non-hydrogen) atoms. The van der Waals surface area contributed by atoms with Crippen molar-refractivity contribution in [3.05, 3.63) is 7.43 Å². The van der Waals surface area contributed by atoms with Gasteiger partial charge < -0.3 is 7.43 Å². The minimum Gasteiger partial charge on any atom is -0.358 e. The van der Waals surface area contributed by atoms with Crippen LogP contribution >= 0.6 is 0 Å². The van der Waals surface area contributed by atoms with Gasteiger partial charge in [-0.1, -0.05) is 51.7 Å². The van der Waals surface area contributed by atoms with Crippen LogP contribution in [0.1, 0.15) is 33.6 Å². The summed E-state index contributed by atoms with van der Waals surface area (Å²) in [4.78, 5) is 0. The molecule has 0 spiro atoms. The predicted molar refractivity (Wildman–Crippen MR) is 52.8 cm³/mol. The molecule has 0 aliphatic heterocycles. The van der Waals surface area contributed by atoms with Gasteiger partial charge in [-0.15, -0.1) is 0 Å².